The van der Waals surface area contributed by atoms with Crippen molar-refractivity contribution in [1.82, 2.24) is 10.6 Å². The lowest BCUT2D eigenvalue weighted by Gasteiger charge is -2.23. The predicted octanol–water partition coefficient (Wildman–Crippen LogP) is -0.786. The van der Waals surface area contributed by atoms with Crippen LogP contribution in [-0.2, 0) is 31.6 Å². The Kier molecular flexibility index (Phi) is 11.8. The number of nitrogens with two attached hydrogens (primary N) is 2. The molecule has 2 amide bonds. The highest BCUT2D eigenvalue weighted by molar-refractivity contribution is 7.84. The Balaban J connectivity index is 2.92. The van der Waals surface area contributed by atoms with E-state index >= 15 is 0 Å². The minimum atomic E-state index is -1.18. The van der Waals surface area contributed by atoms with Gasteiger partial charge < -0.3 is 32.3 Å². The Morgan fingerprint density at radius 2 is 1.65 bits per heavy atom. The minimum absolute atomic E-state index is 0.0502. The van der Waals surface area contributed by atoms with Crippen LogP contribution in [0.4, 0.5) is 0 Å². The molecule has 11 heteroatoms. The zero-order valence-electron chi connectivity index (χ0n) is 17.6. The van der Waals surface area contributed by atoms with Crippen molar-refractivity contribution in [3.05, 3.63) is 29.8 Å². The molecule has 0 spiro atoms. The van der Waals surface area contributed by atoms with E-state index in [9.17, 15) is 28.8 Å². The molecule has 1 rings (SSSR count). The average Bonchev–Trinajstić information content (AvgIpc) is 2.71. The SMILES string of the molecule is CS(=O)CCC(N)C(=O)NC(Cc1ccc(O)cc1)C(=O)NC(CCCCN)C(=O)O. The first-order valence-corrected chi connectivity index (χ1v) is 11.7. The van der Waals surface area contributed by atoms with Gasteiger partial charge >= 0.3 is 5.97 Å². The summed E-state index contributed by atoms with van der Waals surface area (Å²) >= 11 is 0. The van der Waals surface area contributed by atoms with Gasteiger partial charge in [-0.15, -0.1) is 0 Å². The molecule has 0 aliphatic carbocycles. The number of unbranched alkanes of at least 4 members (excludes halogenated alkanes) is 1. The van der Waals surface area contributed by atoms with Crippen LogP contribution in [0.2, 0.25) is 0 Å². The maximum absolute atomic E-state index is 12.8. The second-order valence-corrected chi connectivity index (χ2v) is 8.84. The summed E-state index contributed by atoms with van der Waals surface area (Å²) in [6.45, 7) is 0.417. The maximum Gasteiger partial charge on any atom is 0.326 e. The number of carboxylic acid groups (broad SMARTS) is 1. The number of carboxylic acids is 1. The lowest BCUT2D eigenvalue weighted by Crippen LogP contribution is -2.55. The number of benzene rings is 1. The van der Waals surface area contributed by atoms with Gasteiger partial charge in [0.2, 0.25) is 11.8 Å². The van der Waals surface area contributed by atoms with Gasteiger partial charge in [0.1, 0.15) is 17.8 Å². The van der Waals surface area contributed by atoms with E-state index in [0.717, 1.165) is 0 Å². The molecule has 1 aromatic rings. The van der Waals surface area contributed by atoms with Gasteiger partial charge in [-0.05, 0) is 49.9 Å². The Morgan fingerprint density at radius 1 is 1.03 bits per heavy atom. The molecule has 0 fully saturated rings. The molecule has 4 unspecified atom stereocenters. The molecule has 1 aromatic carbocycles. The number of rotatable bonds is 14. The summed E-state index contributed by atoms with van der Waals surface area (Å²) in [4.78, 5) is 36.8. The highest BCUT2D eigenvalue weighted by Gasteiger charge is 2.28. The molecule has 0 aromatic heterocycles. The van der Waals surface area contributed by atoms with Crippen molar-refractivity contribution < 1.29 is 28.8 Å². The van der Waals surface area contributed by atoms with Crippen molar-refractivity contribution in [2.24, 2.45) is 11.5 Å². The van der Waals surface area contributed by atoms with Crippen molar-refractivity contribution in [1.29, 1.82) is 0 Å². The van der Waals surface area contributed by atoms with Crippen LogP contribution in [0.25, 0.3) is 0 Å². The normalized spacial score (nSPS) is 14.8. The van der Waals surface area contributed by atoms with Crippen LogP contribution >= 0.6 is 0 Å². The molecule has 4 atom stereocenters. The quantitative estimate of drug-likeness (QED) is 0.197. The molecule has 0 saturated carbocycles. The summed E-state index contributed by atoms with van der Waals surface area (Å²) in [5.74, 6) is -2.14. The summed E-state index contributed by atoms with van der Waals surface area (Å²) in [6, 6.07) is 2.93. The third kappa shape index (κ3) is 10.4. The van der Waals surface area contributed by atoms with Gasteiger partial charge in [-0.1, -0.05) is 12.1 Å². The number of hydrogen-bond acceptors (Lipinski definition) is 7. The van der Waals surface area contributed by atoms with Gasteiger partial charge in [0.25, 0.3) is 0 Å². The fourth-order valence-electron chi connectivity index (χ4n) is 2.80. The number of nitrogens with one attached hydrogen (secondary N) is 2. The first kappa shape index (κ1) is 26.5. The molecule has 174 valence electrons. The number of phenols is 1. The van der Waals surface area contributed by atoms with Crippen LogP contribution in [0.3, 0.4) is 0 Å². The topological polar surface area (TPSA) is 185 Å². The molecular weight excluding hydrogens is 424 g/mol. The second kappa shape index (κ2) is 13.7. The van der Waals surface area contributed by atoms with E-state index in [0.29, 0.717) is 24.9 Å². The smallest absolute Gasteiger partial charge is 0.326 e. The summed E-state index contributed by atoms with van der Waals surface area (Å²) in [6.07, 6.45) is 3.11. The predicted molar refractivity (Wildman–Crippen MR) is 118 cm³/mol. The highest BCUT2D eigenvalue weighted by atomic mass is 32.2. The van der Waals surface area contributed by atoms with Crippen LogP contribution in [0.15, 0.2) is 24.3 Å². The molecule has 0 radical (unpaired) electrons. The minimum Gasteiger partial charge on any atom is -0.508 e. The van der Waals surface area contributed by atoms with Crippen LogP contribution in [0, 0.1) is 0 Å². The van der Waals surface area contributed by atoms with E-state index < -0.39 is 46.7 Å². The lowest BCUT2D eigenvalue weighted by atomic mass is 10.0. The summed E-state index contributed by atoms with van der Waals surface area (Å²) < 4.78 is 11.2. The molecule has 10 nitrogen and oxygen atoms in total. The van der Waals surface area contributed by atoms with Crippen LogP contribution in [-0.4, -0.2) is 68.9 Å². The van der Waals surface area contributed by atoms with Crippen molar-refractivity contribution >= 4 is 28.6 Å². The fraction of sp³-hybridized carbons (Fsp3) is 0.550. The Bertz CT molecular complexity index is 759. The first-order valence-electron chi connectivity index (χ1n) is 10.0. The number of aliphatic carboxylic acids is 1. The molecule has 0 heterocycles. The van der Waals surface area contributed by atoms with Crippen LogP contribution < -0.4 is 22.1 Å². The standard InChI is InChI=1S/C20H32N4O6S/c1-31(30)11-9-15(22)18(26)24-17(12-13-5-7-14(25)8-6-13)19(27)23-16(20(28)29)4-2-3-10-21/h5-8,15-17,25H,2-4,9-12,21-22H2,1H3,(H,23,27)(H,24,26)(H,28,29). The first-order chi connectivity index (χ1) is 14.6. The lowest BCUT2D eigenvalue weighted by molar-refractivity contribution is -0.142. The third-order valence-electron chi connectivity index (χ3n) is 4.62. The molecule has 0 saturated heterocycles. The largest absolute Gasteiger partial charge is 0.508 e. The third-order valence-corrected chi connectivity index (χ3v) is 5.43. The van der Waals surface area contributed by atoms with E-state index in [-0.39, 0.29) is 30.8 Å². The number of carbonyl (C=O) groups is 3. The molecule has 0 aliphatic rings. The Hall–Kier alpha value is -2.50. The van der Waals surface area contributed by atoms with Crippen molar-refractivity contribution in [2.45, 2.75) is 50.2 Å². The maximum atomic E-state index is 12.8. The van der Waals surface area contributed by atoms with E-state index in [1.807, 2.05) is 0 Å². The second-order valence-electron chi connectivity index (χ2n) is 7.29. The number of aromatic hydroxyl groups is 1. The van der Waals surface area contributed by atoms with Crippen LogP contribution in [0.5, 0.6) is 5.75 Å². The van der Waals surface area contributed by atoms with Gasteiger partial charge in [0.05, 0.1) is 6.04 Å². The van der Waals surface area contributed by atoms with E-state index in [4.69, 9.17) is 11.5 Å². The van der Waals surface area contributed by atoms with Crippen LogP contribution in [0.1, 0.15) is 31.2 Å². The summed E-state index contributed by atoms with van der Waals surface area (Å²) in [5, 5.41) is 23.9. The number of amides is 2. The molecule has 8 N–H and O–H groups in total. The van der Waals surface area contributed by atoms with Crippen molar-refractivity contribution in [3.63, 3.8) is 0 Å². The Labute approximate surface area is 184 Å². The van der Waals surface area contributed by atoms with E-state index in [2.05, 4.69) is 10.6 Å². The fourth-order valence-corrected chi connectivity index (χ4v) is 3.39. The number of hydrogen-bond donors (Lipinski definition) is 6. The summed E-state index contributed by atoms with van der Waals surface area (Å²) in [5.41, 5.74) is 11.9. The van der Waals surface area contributed by atoms with E-state index in [1.54, 1.807) is 12.1 Å². The Morgan fingerprint density at radius 3 is 2.19 bits per heavy atom. The zero-order valence-corrected chi connectivity index (χ0v) is 18.4. The van der Waals surface area contributed by atoms with Gasteiger partial charge in [0, 0.05) is 29.2 Å². The van der Waals surface area contributed by atoms with Crippen molar-refractivity contribution in [3.8, 4) is 5.75 Å². The summed E-state index contributed by atoms with van der Waals surface area (Å²) in [7, 11) is -1.11. The zero-order chi connectivity index (χ0) is 23.4. The monoisotopic (exact) mass is 456 g/mol. The average molecular weight is 457 g/mol. The van der Waals surface area contributed by atoms with Gasteiger partial charge in [-0.25, -0.2) is 4.79 Å². The van der Waals surface area contributed by atoms with E-state index in [1.165, 1.54) is 18.4 Å². The molecular formula is C20H32N4O6S. The van der Waals surface area contributed by atoms with Gasteiger partial charge in [-0.2, -0.15) is 0 Å². The van der Waals surface area contributed by atoms with Crippen molar-refractivity contribution in [2.75, 3.05) is 18.6 Å². The number of carbonyl (C=O) groups excluding carboxylic acids is 2. The molecule has 0 bridgehead atoms. The highest BCUT2D eigenvalue weighted by Crippen LogP contribution is 2.12. The number of phenolic OH excluding ortho intramolecular Hbond substituents is 1. The molecule has 31 heavy (non-hydrogen) atoms. The molecule has 0 aliphatic heterocycles. The van der Waals surface area contributed by atoms with Gasteiger partial charge in [0.15, 0.2) is 0 Å². The van der Waals surface area contributed by atoms with Gasteiger partial charge in [-0.3, -0.25) is 13.8 Å².